The van der Waals surface area contributed by atoms with Gasteiger partial charge in [-0.15, -0.1) is 0 Å². The van der Waals surface area contributed by atoms with E-state index in [9.17, 15) is 4.79 Å². The molecule has 2 nitrogen and oxygen atoms in total. The van der Waals surface area contributed by atoms with Crippen molar-refractivity contribution in [1.29, 1.82) is 0 Å². The topological polar surface area (TPSA) is 26.3 Å². The lowest BCUT2D eigenvalue weighted by Gasteiger charge is -2.22. The lowest BCUT2D eigenvalue weighted by Crippen LogP contribution is -2.28. The third-order valence-corrected chi connectivity index (χ3v) is 2.02. The van der Waals surface area contributed by atoms with Crippen molar-refractivity contribution in [3.8, 4) is 0 Å². The average molecular weight is 156 g/mol. The fourth-order valence-electron chi connectivity index (χ4n) is 1.46. The normalized spacial score (nSPS) is 26.1. The lowest BCUT2D eigenvalue weighted by atomic mass is 9.91. The number of ether oxygens (including phenoxy) is 1. The Hall–Kier alpha value is -0.370. The average Bonchev–Trinajstić information content (AvgIpc) is 1.93. The molecule has 0 N–H and O–H groups in total. The van der Waals surface area contributed by atoms with E-state index in [0.29, 0.717) is 31.3 Å². The lowest BCUT2D eigenvalue weighted by molar-refractivity contribution is -0.131. The highest BCUT2D eigenvalue weighted by Gasteiger charge is 2.23. The van der Waals surface area contributed by atoms with Crippen LogP contribution in [0.1, 0.15) is 26.7 Å². The van der Waals surface area contributed by atoms with Crippen LogP contribution in [0, 0.1) is 11.8 Å². The third kappa shape index (κ3) is 2.62. The molecule has 11 heavy (non-hydrogen) atoms. The van der Waals surface area contributed by atoms with Gasteiger partial charge in [0.15, 0.2) is 0 Å². The Morgan fingerprint density at radius 3 is 2.91 bits per heavy atom. The maximum Gasteiger partial charge on any atom is 0.140 e. The molecule has 0 aliphatic carbocycles. The number of hydrogen-bond donors (Lipinski definition) is 0. The number of ketones is 1. The Kier molecular flexibility index (Phi) is 3.06. The van der Waals surface area contributed by atoms with Crippen molar-refractivity contribution in [2.24, 2.45) is 11.8 Å². The second-order valence-corrected chi connectivity index (χ2v) is 3.62. The van der Waals surface area contributed by atoms with Crippen molar-refractivity contribution < 1.29 is 9.53 Å². The standard InChI is InChI=1S/C9H16O2/c1-7(2)5-8-6-11-4-3-9(8)10/h7-8H,3-6H2,1-2H3/t8-/m0/s1. The maximum absolute atomic E-state index is 11.2. The molecule has 0 aromatic carbocycles. The van der Waals surface area contributed by atoms with E-state index in [1.165, 1.54) is 0 Å². The van der Waals surface area contributed by atoms with Crippen LogP contribution < -0.4 is 0 Å². The molecular formula is C9H16O2. The van der Waals surface area contributed by atoms with Gasteiger partial charge in [-0.25, -0.2) is 0 Å². The Labute approximate surface area is 67.9 Å². The molecule has 0 spiro atoms. The smallest absolute Gasteiger partial charge is 0.140 e. The van der Waals surface area contributed by atoms with Gasteiger partial charge in [0.25, 0.3) is 0 Å². The van der Waals surface area contributed by atoms with E-state index in [1.54, 1.807) is 0 Å². The monoisotopic (exact) mass is 156 g/mol. The summed E-state index contributed by atoms with van der Waals surface area (Å²) in [5.74, 6) is 1.18. The Balaban J connectivity index is 2.36. The molecule has 0 aromatic heterocycles. The molecule has 0 bridgehead atoms. The molecule has 1 saturated heterocycles. The first kappa shape index (κ1) is 8.72. The van der Waals surface area contributed by atoms with Crippen molar-refractivity contribution >= 4 is 5.78 Å². The molecular weight excluding hydrogens is 140 g/mol. The van der Waals surface area contributed by atoms with E-state index in [4.69, 9.17) is 4.74 Å². The summed E-state index contributed by atoms with van der Waals surface area (Å²) in [6, 6.07) is 0. The van der Waals surface area contributed by atoms with E-state index in [-0.39, 0.29) is 5.92 Å². The second-order valence-electron chi connectivity index (χ2n) is 3.62. The number of hydrogen-bond acceptors (Lipinski definition) is 2. The van der Waals surface area contributed by atoms with Crippen molar-refractivity contribution in [2.75, 3.05) is 13.2 Å². The zero-order chi connectivity index (χ0) is 8.27. The van der Waals surface area contributed by atoms with Crippen LogP contribution in [0.5, 0.6) is 0 Å². The molecule has 0 radical (unpaired) electrons. The summed E-state index contributed by atoms with van der Waals surface area (Å²) in [6.45, 7) is 5.56. The molecule has 1 aliphatic rings. The molecule has 0 unspecified atom stereocenters. The quantitative estimate of drug-likeness (QED) is 0.607. The first-order chi connectivity index (χ1) is 5.20. The van der Waals surface area contributed by atoms with Gasteiger partial charge >= 0.3 is 0 Å². The van der Waals surface area contributed by atoms with Gasteiger partial charge in [0.1, 0.15) is 5.78 Å². The van der Waals surface area contributed by atoms with Crippen LogP contribution in [0.4, 0.5) is 0 Å². The minimum Gasteiger partial charge on any atom is -0.380 e. The molecule has 0 amide bonds. The number of carbonyl (C=O) groups excluding carboxylic acids is 1. The predicted molar refractivity (Wildman–Crippen MR) is 43.4 cm³/mol. The van der Waals surface area contributed by atoms with Crippen LogP contribution in [0.3, 0.4) is 0 Å². The third-order valence-electron chi connectivity index (χ3n) is 2.02. The Bertz CT molecular complexity index is 140. The first-order valence-electron chi connectivity index (χ1n) is 4.30. The van der Waals surface area contributed by atoms with Crippen molar-refractivity contribution in [1.82, 2.24) is 0 Å². The zero-order valence-corrected chi connectivity index (χ0v) is 7.30. The molecule has 2 heteroatoms. The molecule has 1 fully saturated rings. The van der Waals surface area contributed by atoms with Crippen LogP contribution in [0.2, 0.25) is 0 Å². The summed E-state index contributed by atoms with van der Waals surface area (Å²) in [4.78, 5) is 11.2. The van der Waals surface area contributed by atoms with Gasteiger partial charge in [-0.3, -0.25) is 4.79 Å². The summed E-state index contributed by atoms with van der Waals surface area (Å²) in [6.07, 6.45) is 1.61. The van der Waals surface area contributed by atoms with Gasteiger partial charge in [-0.1, -0.05) is 13.8 Å². The molecule has 0 saturated carbocycles. The van der Waals surface area contributed by atoms with Gasteiger partial charge in [0.2, 0.25) is 0 Å². The Morgan fingerprint density at radius 2 is 2.36 bits per heavy atom. The number of carbonyl (C=O) groups is 1. The number of Topliss-reactive ketones (excluding diaryl/α,β-unsaturated/α-hetero) is 1. The summed E-state index contributed by atoms with van der Waals surface area (Å²) >= 11 is 0. The molecule has 1 rings (SSSR count). The van der Waals surface area contributed by atoms with Crippen LogP contribution in [-0.4, -0.2) is 19.0 Å². The predicted octanol–water partition coefficient (Wildman–Crippen LogP) is 1.64. The fraction of sp³-hybridized carbons (Fsp3) is 0.889. The van der Waals surface area contributed by atoms with E-state index < -0.39 is 0 Å². The minimum atomic E-state index is 0.184. The van der Waals surface area contributed by atoms with Crippen molar-refractivity contribution in [3.63, 3.8) is 0 Å². The summed E-state index contributed by atoms with van der Waals surface area (Å²) in [5.41, 5.74) is 0. The van der Waals surface area contributed by atoms with Crippen molar-refractivity contribution in [3.05, 3.63) is 0 Å². The van der Waals surface area contributed by atoms with E-state index >= 15 is 0 Å². The van der Waals surface area contributed by atoms with Crippen LogP contribution in [0.25, 0.3) is 0 Å². The van der Waals surface area contributed by atoms with Gasteiger partial charge in [-0.05, 0) is 12.3 Å². The summed E-state index contributed by atoms with van der Waals surface area (Å²) < 4.78 is 5.23. The SMILES string of the molecule is CC(C)C[C@H]1COCCC1=O. The largest absolute Gasteiger partial charge is 0.380 e. The molecule has 1 heterocycles. The van der Waals surface area contributed by atoms with Gasteiger partial charge in [-0.2, -0.15) is 0 Å². The molecule has 64 valence electrons. The highest BCUT2D eigenvalue weighted by Crippen LogP contribution is 2.18. The van der Waals surface area contributed by atoms with Gasteiger partial charge in [0, 0.05) is 12.3 Å². The highest BCUT2D eigenvalue weighted by molar-refractivity contribution is 5.81. The van der Waals surface area contributed by atoms with E-state index in [1.807, 2.05) is 0 Å². The second kappa shape index (κ2) is 3.86. The number of rotatable bonds is 2. The molecule has 1 aliphatic heterocycles. The van der Waals surface area contributed by atoms with Gasteiger partial charge in [0.05, 0.1) is 13.2 Å². The van der Waals surface area contributed by atoms with E-state index in [0.717, 1.165) is 6.42 Å². The first-order valence-corrected chi connectivity index (χ1v) is 4.30. The van der Waals surface area contributed by atoms with Crippen LogP contribution in [0.15, 0.2) is 0 Å². The summed E-state index contributed by atoms with van der Waals surface area (Å²) in [7, 11) is 0. The maximum atomic E-state index is 11.2. The Morgan fingerprint density at radius 1 is 1.64 bits per heavy atom. The van der Waals surface area contributed by atoms with Crippen LogP contribution in [-0.2, 0) is 9.53 Å². The fourth-order valence-corrected chi connectivity index (χ4v) is 1.46. The minimum absolute atomic E-state index is 0.184. The highest BCUT2D eigenvalue weighted by atomic mass is 16.5. The molecule has 0 aromatic rings. The molecule has 1 atom stereocenters. The van der Waals surface area contributed by atoms with Crippen molar-refractivity contribution in [2.45, 2.75) is 26.7 Å². The zero-order valence-electron chi connectivity index (χ0n) is 7.30. The van der Waals surface area contributed by atoms with E-state index in [2.05, 4.69) is 13.8 Å². The summed E-state index contributed by atoms with van der Waals surface area (Å²) in [5, 5.41) is 0. The van der Waals surface area contributed by atoms with Crippen LogP contribution >= 0.6 is 0 Å². The van der Waals surface area contributed by atoms with Gasteiger partial charge < -0.3 is 4.74 Å².